The van der Waals surface area contributed by atoms with E-state index in [1.807, 2.05) is 6.92 Å². The van der Waals surface area contributed by atoms with Gasteiger partial charge in [0.2, 0.25) is 5.91 Å². The van der Waals surface area contributed by atoms with E-state index < -0.39 is 0 Å². The average molecular weight is 144 g/mol. The zero-order chi connectivity index (χ0) is 8.15. The van der Waals surface area contributed by atoms with E-state index in [9.17, 15) is 4.79 Å². The first-order chi connectivity index (χ1) is 4.59. The Morgan fingerprint density at radius 3 is 2.40 bits per heavy atom. The summed E-state index contributed by atoms with van der Waals surface area (Å²) in [5.74, 6) is 0.0156. The summed E-state index contributed by atoms with van der Waals surface area (Å²) in [6.45, 7) is 2.02. The van der Waals surface area contributed by atoms with Crippen molar-refractivity contribution in [2.75, 3.05) is 14.1 Å². The minimum absolute atomic E-state index is 0.0156. The molecular weight excluding hydrogens is 128 g/mol. The molecule has 0 aliphatic rings. The van der Waals surface area contributed by atoms with E-state index in [1.54, 1.807) is 14.1 Å². The van der Waals surface area contributed by atoms with E-state index >= 15 is 0 Å². The van der Waals surface area contributed by atoms with Crippen molar-refractivity contribution in [3.8, 4) is 0 Å². The van der Waals surface area contributed by atoms with Crippen LogP contribution in [0.3, 0.4) is 0 Å². The molecule has 0 heterocycles. The molecule has 0 aromatic rings. The van der Waals surface area contributed by atoms with E-state index in [-0.39, 0.29) is 11.9 Å². The molecule has 0 fully saturated rings. The molecule has 10 heavy (non-hydrogen) atoms. The SMILES string of the molecule is CCC[C@H](N)C(=O)N(C)C. The third kappa shape index (κ3) is 2.82. The minimum Gasteiger partial charge on any atom is -0.347 e. The molecule has 3 heteroatoms. The molecule has 0 unspecified atom stereocenters. The Morgan fingerprint density at radius 1 is 1.60 bits per heavy atom. The highest BCUT2D eigenvalue weighted by atomic mass is 16.2. The highest BCUT2D eigenvalue weighted by molar-refractivity contribution is 5.80. The number of likely N-dealkylation sites (N-methyl/N-ethyl adjacent to an activating group) is 1. The highest BCUT2D eigenvalue weighted by Gasteiger charge is 2.12. The van der Waals surface area contributed by atoms with Gasteiger partial charge in [-0.3, -0.25) is 4.79 Å². The summed E-state index contributed by atoms with van der Waals surface area (Å²) in [5.41, 5.74) is 5.54. The van der Waals surface area contributed by atoms with Gasteiger partial charge in [0, 0.05) is 14.1 Å². The third-order valence-electron chi connectivity index (χ3n) is 1.36. The largest absolute Gasteiger partial charge is 0.347 e. The lowest BCUT2D eigenvalue weighted by molar-refractivity contribution is -0.130. The van der Waals surface area contributed by atoms with Crippen molar-refractivity contribution in [2.45, 2.75) is 25.8 Å². The monoisotopic (exact) mass is 144 g/mol. The van der Waals surface area contributed by atoms with Gasteiger partial charge < -0.3 is 10.6 Å². The van der Waals surface area contributed by atoms with Crippen LogP contribution in [0.5, 0.6) is 0 Å². The van der Waals surface area contributed by atoms with E-state index in [2.05, 4.69) is 0 Å². The molecule has 2 N–H and O–H groups in total. The molecule has 0 bridgehead atoms. The summed E-state index contributed by atoms with van der Waals surface area (Å²) >= 11 is 0. The molecule has 3 nitrogen and oxygen atoms in total. The Balaban J connectivity index is 3.71. The van der Waals surface area contributed by atoms with Gasteiger partial charge >= 0.3 is 0 Å². The maximum absolute atomic E-state index is 11.0. The minimum atomic E-state index is -0.306. The molecule has 1 atom stereocenters. The number of carbonyl (C=O) groups is 1. The second kappa shape index (κ2) is 4.28. The van der Waals surface area contributed by atoms with Gasteiger partial charge in [-0.15, -0.1) is 0 Å². The van der Waals surface area contributed by atoms with Crippen molar-refractivity contribution < 1.29 is 4.79 Å². The second-order valence-electron chi connectivity index (χ2n) is 2.63. The fraction of sp³-hybridized carbons (Fsp3) is 0.857. The van der Waals surface area contributed by atoms with Gasteiger partial charge in [-0.1, -0.05) is 13.3 Å². The summed E-state index contributed by atoms with van der Waals surface area (Å²) in [5, 5.41) is 0. The molecule has 0 aromatic carbocycles. The quantitative estimate of drug-likeness (QED) is 0.615. The molecular formula is C7H16N2O. The third-order valence-corrected chi connectivity index (χ3v) is 1.36. The van der Waals surface area contributed by atoms with Crippen molar-refractivity contribution in [3.63, 3.8) is 0 Å². The van der Waals surface area contributed by atoms with Crippen LogP contribution in [0.25, 0.3) is 0 Å². The van der Waals surface area contributed by atoms with Crippen LogP contribution in [0.4, 0.5) is 0 Å². The number of carbonyl (C=O) groups excluding carboxylic acids is 1. The Hall–Kier alpha value is -0.570. The van der Waals surface area contributed by atoms with Crippen LogP contribution in [-0.4, -0.2) is 30.9 Å². The van der Waals surface area contributed by atoms with Crippen LogP contribution in [0.2, 0.25) is 0 Å². The Kier molecular flexibility index (Phi) is 4.03. The van der Waals surface area contributed by atoms with Crippen molar-refractivity contribution in [3.05, 3.63) is 0 Å². The summed E-state index contributed by atoms with van der Waals surface area (Å²) < 4.78 is 0. The maximum atomic E-state index is 11.0. The van der Waals surface area contributed by atoms with Crippen LogP contribution in [0.15, 0.2) is 0 Å². The molecule has 0 radical (unpaired) electrons. The van der Waals surface area contributed by atoms with Crippen molar-refractivity contribution in [1.29, 1.82) is 0 Å². The highest BCUT2D eigenvalue weighted by Crippen LogP contribution is 1.95. The predicted octanol–water partition coefficient (Wildman–Crippen LogP) is 0.202. The first-order valence-corrected chi connectivity index (χ1v) is 3.56. The fourth-order valence-corrected chi connectivity index (χ4v) is 0.766. The first-order valence-electron chi connectivity index (χ1n) is 3.56. The van der Waals surface area contributed by atoms with E-state index in [4.69, 9.17) is 5.73 Å². The zero-order valence-electron chi connectivity index (χ0n) is 6.92. The molecule has 0 rings (SSSR count). The van der Waals surface area contributed by atoms with Gasteiger partial charge in [0.05, 0.1) is 6.04 Å². The molecule has 0 aliphatic heterocycles. The Labute approximate surface area is 62.2 Å². The number of hydrogen-bond donors (Lipinski definition) is 1. The number of nitrogens with zero attached hydrogens (tertiary/aromatic N) is 1. The van der Waals surface area contributed by atoms with Crippen molar-refractivity contribution in [1.82, 2.24) is 4.90 Å². The number of hydrogen-bond acceptors (Lipinski definition) is 2. The van der Waals surface area contributed by atoms with Crippen LogP contribution in [0, 0.1) is 0 Å². The van der Waals surface area contributed by atoms with Gasteiger partial charge in [0.15, 0.2) is 0 Å². The standard InChI is InChI=1S/C7H16N2O/c1-4-5-6(8)7(10)9(2)3/h6H,4-5,8H2,1-3H3/t6-/m0/s1. The fourth-order valence-electron chi connectivity index (χ4n) is 0.766. The molecule has 0 spiro atoms. The van der Waals surface area contributed by atoms with Crippen LogP contribution >= 0.6 is 0 Å². The smallest absolute Gasteiger partial charge is 0.238 e. The molecule has 0 aliphatic carbocycles. The van der Waals surface area contributed by atoms with Gasteiger partial charge in [-0.25, -0.2) is 0 Å². The Morgan fingerprint density at radius 2 is 2.10 bits per heavy atom. The van der Waals surface area contributed by atoms with Gasteiger partial charge in [0.1, 0.15) is 0 Å². The predicted molar refractivity (Wildman–Crippen MR) is 41.6 cm³/mol. The first kappa shape index (κ1) is 9.43. The average Bonchev–Trinajstić information content (AvgIpc) is 1.87. The van der Waals surface area contributed by atoms with Crippen molar-refractivity contribution in [2.24, 2.45) is 5.73 Å². The lowest BCUT2D eigenvalue weighted by Crippen LogP contribution is -2.39. The van der Waals surface area contributed by atoms with Crippen LogP contribution in [0.1, 0.15) is 19.8 Å². The van der Waals surface area contributed by atoms with Gasteiger partial charge in [0.25, 0.3) is 0 Å². The van der Waals surface area contributed by atoms with E-state index in [1.165, 1.54) is 4.90 Å². The summed E-state index contributed by atoms with van der Waals surface area (Å²) in [4.78, 5) is 12.6. The summed E-state index contributed by atoms with van der Waals surface area (Å²) in [7, 11) is 3.44. The maximum Gasteiger partial charge on any atom is 0.238 e. The van der Waals surface area contributed by atoms with Gasteiger partial charge in [-0.05, 0) is 6.42 Å². The van der Waals surface area contributed by atoms with E-state index in [0.29, 0.717) is 0 Å². The number of amides is 1. The zero-order valence-corrected chi connectivity index (χ0v) is 6.92. The number of nitrogens with two attached hydrogens (primary N) is 1. The molecule has 0 saturated heterocycles. The molecule has 1 amide bonds. The normalized spacial score (nSPS) is 12.8. The number of rotatable bonds is 3. The lowest BCUT2D eigenvalue weighted by atomic mass is 10.1. The van der Waals surface area contributed by atoms with Gasteiger partial charge in [-0.2, -0.15) is 0 Å². The molecule has 0 saturated carbocycles. The summed E-state index contributed by atoms with van der Waals surface area (Å²) in [6.07, 6.45) is 1.73. The van der Waals surface area contributed by atoms with E-state index in [0.717, 1.165) is 12.8 Å². The molecule has 60 valence electrons. The topological polar surface area (TPSA) is 46.3 Å². The lowest BCUT2D eigenvalue weighted by Gasteiger charge is -2.15. The van der Waals surface area contributed by atoms with Crippen molar-refractivity contribution >= 4 is 5.91 Å². The van der Waals surface area contributed by atoms with Crippen LogP contribution in [-0.2, 0) is 4.79 Å². The Bertz CT molecular complexity index is 112. The second-order valence-corrected chi connectivity index (χ2v) is 2.63. The van der Waals surface area contributed by atoms with Crippen LogP contribution < -0.4 is 5.73 Å². The molecule has 0 aromatic heterocycles. The summed E-state index contributed by atoms with van der Waals surface area (Å²) in [6, 6.07) is -0.306.